The maximum atomic E-state index is 11.9. The molecule has 24 heavy (non-hydrogen) atoms. The first-order chi connectivity index (χ1) is 11.7. The summed E-state index contributed by atoms with van der Waals surface area (Å²) in [5, 5.41) is 12.1. The van der Waals surface area contributed by atoms with Crippen molar-refractivity contribution in [1.29, 1.82) is 0 Å². The van der Waals surface area contributed by atoms with Crippen LogP contribution in [0.15, 0.2) is 24.3 Å². The minimum Gasteiger partial charge on any atom is -0.396 e. The number of anilines is 1. The van der Waals surface area contributed by atoms with Gasteiger partial charge in [0.1, 0.15) is 6.61 Å². The Balaban J connectivity index is 1.44. The van der Waals surface area contributed by atoms with Crippen LogP contribution in [0.2, 0.25) is 0 Å². The molecule has 5 nitrogen and oxygen atoms in total. The van der Waals surface area contributed by atoms with Crippen LogP contribution in [-0.4, -0.2) is 48.8 Å². The predicted molar refractivity (Wildman–Crippen MR) is 93.7 cm³/mol. The van der Waals surface area contributed by atoms with E-state index >= 15 is 0 Å². The highest BCUT2D eigenvalue weighted by Gasteiger charge is 2.21. The van der Waals surface area contributed by atoms with E-state index in [4.69, 9.17) is 4.74 Å². The van der Waals surface area contributed by atoms with Crippen molar-refractivity contribution in [2.24, 2.45) is 11.8 Å². The van der Waals surface area contributed by atoms with Gasteiger partial charge in [-0.1, -0.05) is 12.1 Å². The predicted octanol–water partition coefficient (Wildman–Crippen LogP) is 2.26. The van der Waals surface area contributed by atoms with Crippen molar-refractivity contribution in [3.8, 4) is 0 Å². The number of hydrogen-bond acceptors (Lipinski definition) is 4. The molecule has 132 valence electrons. The zero-order chi connectivity index (χ0) is 16.8. The average Bonchev–Trinajstić information content (AvgIpc) is 3.40. The molecule has 0 spiro atoms. The van der Waals surface area contributed by atoms with Gasteiger partial charge in [-0.05, 0) is 68.3 Å². The fourth-order valence-electron chi connectivity index (χ4n) is 3.13. The molecule has 5 heteroatoms. The molecule has 1 aromatic carbocycles. The number of carbonyl (C=O) groups excluding carboxylic acids is 1. The summed E-state index contributed by atoms with van der Waals surface area (Å²) < 4.78 is 5.42. The summed E-state index contributed by atoms with van der Waals surface area (Å²) in [6.45, 7) is 4.08. The van der Waals surface area contributed by atoms with Crippen LogP contribution >= 0.6 is 0 Å². The van der Waals surface area contributed by atoms with Crippen LogP contribution in [0.4, 0.5) is 5.69 Å². The molecule has 1 amide bonds. The number of amides is 1. The van der Waals surface area contributed by atoms with Crippen LogP contribution in [0.25, 0.3) is 0 Å². The van der Waals surface area contributed by atoms with Gasteiger partial charge in [-0.3, -0.25) is 9.69 Å². The Bertz CT molecular complexity index is 537. The van der Waals surface area contributed by atoms with E-state index in [1.807, 2.05) is 18.2 Å². The fourth-order valence-corrected chi connectivity index (χ4v) is 3.13. The number of nitrogens with zero attached hydrogens (tertiary/aromatic N) is 1. The lowest BCUT2D eigenvalue weighted by Crippen LogP contribution is -2.34. The maximum absolute atomic E-state index is 11.9. The lowest BCUT2D eigenvalue weighted by molar-refractivity contribution is -0.120. The minimum absolute atomic E-state index is 0.0865. The van der Waals surface area contributed by atoms with E-state index in [0.29, 0.717) is 25.0 Å². The van der Waals surface area contributed by atoms with Gasteiger partial charge in [0.05, 0.1) is 6.61 Å². The number of nitrogens with one attached hydrogen (secondary N) is 1. The Morgan fingerprint density at radius 3 is 2.71 bits per heavy atom. The van der Waals surface area contributed by atoms with E-state index in [0.717, 1.165) is 38.2 Å². The Labute approximate surface area is 144 Å². The Hall–Kier alpha value is -1.43. The number of likely N-dealkylation sites (tertiary alicyclic amines) is 1. The van der Waals surface area contributed by atoms with Gasteiger partial charge in [0.2, 0.25) is 5.91 Å². The molecule has 0 radical (unpaired) electrons. The van der Waals surface area contributed by atoms with Gasteiger partial charge in [-0.25, -0.2) is 0 Å². The molecule has 0 unspecified atom stereocenters. The first-order valence-corrected chi connectivity index (χ1v) is 9.02. The third-order valence-electron chi connectivity index (χ3n) is 4.87. The number of ether oxygens (including phenoxy) is 1. The molecule has 1 heterocycles. The van der Waals surface area contributed by atoms with Crippen LogP contribution in [0, 0.1) is 11.8 Å². The first-order valence-electron chi connectivity index (χ1n) is 9.02. The normalized spacial score (nSPS) is 19.4. The van der Waals surface area contributed by atoms with Crippen LogP contribution < -0.4 is 5.32 Å². The molecule has 3 rings (SSSR count). The largest absolute Gasteiger partial charge is 0.396 e. The molecule has 1 saturated heterocycles. The van der Waals surface area contributed by atoms with Crippen molar-refractivity contribution >= 4 is 11.6 Å². The second-order valence-electron chi connectivity index (χ2n) is 7.11. The first kappa shape index (κ1) is 17.4. The highest BCUT2D eigenvalue weighted by molar-refractivity contribution is 5.91. The molecule has 2 aliphatic rings. The Morgan fingerprint density at radius 2 is 2.00 bits per heavy atom. The Morgan fingerprint density at radius 1 is 1.21 bits per heavy atom. The van der Waals surface area contributed by atoms with Crippen LogP contribution in [-0.2, 0) is 16.1 Å². The quantitative estimate of drug-likeness (QED) is 0.766. The summed E-state index contributed by atoms with van der Waals surface area (Å²) in [7, 11) is 0. The second-order valence-corrected chi connectivity index (χ2v) is 7.11. The highest BCUT2D eigenvalue weighted by atomic mass is 16.5. The van der Waals surface area contributed by atoms with Crippen molar-refractivity contribution in [1.82, 2.24) is 4.90 Å². The van der Waals surface area contributed by atoms with E-state index in [1.54, 1.807) is 0 Å². The van der Waals surface area contributed by atoms with E-state index in [9.17, 15) is 9.90 Å². The van der Waals surface area contributed by atoms with Gasteiger partial charge in [-0.15, -0.1) is 0 Å². The summed E-state index contributed by atoms with van der Waals surface area (Å²) >= 11 is 0. The molecule has 1 saturated carbocycles. The zero-order valence-electron chi connectivity index (χ0n) is 14.2. The fraction of sp³-hybridized carbons (Fsp3) is 0.632. The van der Waals surface area contributed by atoms with Crippen LogP contribution in [0.3, 0.4) is 0 Å². The summed E-state index contributed by atoms with van der Waals surface area (Å²) in [6, 6.07) is 8.03. The Kier molecular flexibility index (Phi) is 6.24. The number of rotatable bonds is 8. The van der Waals surface area contributed by atoms with Crippen molar-refractivity contribution in [3.63, 3.8) is 0 Å². The standard InChI is InChI=1S/C19H28N2O3/c22-12-15-6-8-21(9-7-15)11-17-2-1-3-18(10-17)20-19(23)14-24-13-16-4-5-16/h1-3,10,15-16,22H,4-9,11-14H2,(H,20,23). The monoisotopic (exact) mass is 332 g/mol. The molecule has 2 N–H and O–H groups in total. The molecule has 0 bridgehead atoms. The number of hydrogen-bond donors (Lipinski definition) is 2. The van der Waals surface area contributed by atoms with Crippen molar-refractivity contribution in [3.05, 3.63) is 29.8 Å². The SMILES string of the molecule is O=C(COCC1CC1)Nc1cccc(CN2CCC(CO)CC2)c1. The van der Waals surface area contributed by atoms with Gasteiger partial charge in [0, 0.05) is 18.8 Å². The summed E-state index contributed by atoms with van der Waals surface area (Å²) in [4.78, 5) is 14.3. The lowest BCUT2D eigenvalue weighted by atomic mass is 9.97. The molecule has 1 aromatic rings. The van der Waals surface area contributed by atoms with E-state index in [2.05, 4.69) is 16.3 Å². The van der Waals surface area contributed by atoms with Gasteiger partial charge >= 0.3 is 0 Å². The van der Waals surface area contributed by atoms with Crippen molar-refractivity contribution in [2.45, 2.75) is 32.2 Å². The van der Waals surface area contributed by atoms with Gasteiger partial charge < -0.3 is 15.2 Å². The second kappa shape index (κ2) is 8.60. The molecule has 2 fully saturated rings. The van der Waals surface area contributed by atoms with Crippen LogP contribution in [0.1, 0.15) is 31.2 Å². The summed E-state index contributed by atoms with van der Waals surface area (Å²) in [5.74, 6) is 1.05. The number of aliphatic hydroxyl groups excluding tert-OH is 1. The number of carbonyl (C=O) groups is 1. The number of piperidine rings is 1. The molecular weight excluding hydrogens is 304 g/mol. The van der Waals surface area contributed by atoms with Gasteiger partial charge in [0.15, 0.2) is 0 Å². The van der Waals surface area contributed by atoms with E-state index in [-0.39, 0.29) is 12.5 Å². The summed E-state index contributed by atoms with van der Waals surface area (Å²) in [5.41, 5.74) is 2.03. The number of benzene rings is 1. The third-order valence-corrected chi connectivity index (χ3v) is 4.87. The highest BCUT2D eigenvalue weighted by Crippen LogP contribution is 2.28. The molecule has 0 aromatic heterocycles. The zero-order valence-corrected chi connectivity index (χ0v) is 14.2. The van der Waals surface area contributed by atoms with Crippen LogP contribution in [0.5, 0.6) is 0 Å². The van der Waals surface area contributed by atoms with E-state index < -0.39 is 0 Å². The molecule has 1 aliphatic carbocycles. The maximum Gasteiger partial charge on any atom is 0.250 e. The summed E-state index contributed by atoms with van der Waals surface area (Å²) in [6.07, 6.45) is 4.59. The third kappa shape index (κ3) is 5.58. The van der Waals surface area contributed by atoms with Gasteiger partial charge in [0.25, 0.3) is 0 Å². The lowest BCUT2D eigenvalue weighted by Gasteiger charge is -2.31. The topological polar surface area (TPSA) is 61.8 Å². The average molecular weight is 332 g/mol. The van der Waals surface area contributed by atoms with Gasteiger partial charge in [-0.2, -0.15) is 0 Å². The minimum atomic E-state index is -0.0865. The van der Waals surface area contributed by atoms with Crippen molar-refractivity contribution in [2.75, 3.05) is 38.2 Å². The molecule has 0 atom stereocenters. The smallest absolute Gasteiger partial charge is 0.250 e. The molecule has 1 aliphatic heterocycles. The molecular formula is C19H28N2O3. The van der Waals surface area contributed by atoms with E-state index in [1.165, 1.54) is 18.4 Å². The number of aliphatic hydroxyl groups is 1. The van der Waals surface area contributed by atoms with Crippen molar-refractivity contribution < 1.29 is 14.6 Å².